The Balaban J connectivity index is 1.87. The third-order valence-corrected chi connectivity index (χ3v) is 4.30. The van der Waals surface area contributed by atoms with Gasteiger partial charge in [-0.05, 0) is 32.0 Å². The molecule has 0 aliphatic rings. The first-order valence-electron chi connectivity index (χ1n) is 8.56. The predicted octanol–water partition coefficient (Wildman–Crippen LogP) is 3.82. The molecule has 9 heteroatoms. The van der Waals surface area contributed by atoms with Crippen molar-refractivity contribution in [1.82, 2.24) is 9.97 Å². The number of carbonyl (C=O) groups excluding carboxylic acids is 1. The first-order chi connectivity index (χ1) is 13.8. The molecule has 3 aromatic rings. The molecule has 2 aromatic carbocycles. The Morgan fingerprint density at radius 3 is 2.72 bits per heavy atom. The minimum absolute atomic E-state index is 0.0378. The van der Waals surface area contributed by atoms with Crippen LogP contribution in [-0.4, -0.2) is 32.1 Å². The van der Waals surface area contributed by atoms with Gasteiger partial charge in [0.2, 0.25) is 0 Å². The fourth-order valence-electron chi connectivity index (χ4n) is 2.72. The summed E-state index contributed by atoms with van der Waals surface area (Å²) in [6, 6.07) is 12.9. The second kappa shape index (κ2) is 7.82. The average molecular weight is 392 g/mol. The number of nitrogens with zero attached hydrogens (tertiary/aromatic N) is 3. The molecule has 2 N–H and O–H groups in total. The van der Waals surface area contributed by atoms with Crippen LogP contribution in [0.2, 0.25) is 0 Å². The minimum atomic E-state index is -1.18. The number of aliphatic hydroxyl groups excluding tert-OH is 1. The van der Waals surface area contributed by atoms with E-state index in [1.165, 1.54) is 19.1 Å². The summed E-state index contributed by atoms with van der Waals surface area (Å²) in [5.74, 6) is -1.21. The minimum Gasteiger partial charge on any atom is -0.507 e. The topological polar surface area (TPSA) is 142 Å². The van der Waals surface area contributed by atoms with Crippen LogP contribution in [0.1, 0.15) is 28.7 Å². The number of fused-ring (bicyclic) bond motifs is 1. The van der Waals surface area contributed by atoms with Crippen LogP contribution in [0, 0.1) is 28.4 Å². The number of imidazole rings is 1. The molecule has 0 saturated carbocycles. The number of aliphatic hydroxyl groups is 1. The maximum atomic E-state index is 12.3. The highest BCUT2D eigenvalue weighted by molar-refractivity contribution is 5.91. The lowest BCUT2D eigenvalue weighted by molar-refractivity contribution is -0.385. The van der Waals surface area contributed by atoms with Crippen LogP contribution in [0.5, 0.6) is 0 Å². The fraction of sp³-hybridized carbons (Fsp3) is 0.150. The van der Waals surface area contributed by atoms with E-state index >= 15 is 0 Å². The van der Waals surface area contributed by atoms with Gasteiger partial charge < -0.3 is 14.8 Å². The van der Waals surface area contributed by atoms with E-state index in [4.69, 9.17) is 4.74 Å². The van der Waals surface area contributed by atoms with Gasteiger partial charge in [0.15, 0.2) is 17.7 Å². The number of allylic oxidation sites excluding steroid dienone is 1. The number of aromatic nitrogens is 2. The first-order valence-corrected chi connectivity index (χ1v) is 8.56. The van der Waals surface area contributed by atoms with Crippen molar-refractivity contribution in [3.8, 4) is 6.07 Å². The lowest BCUT2D eigenvalue weighted by atomic mass is 10.1. The van der Waals surface area contributed by atoms with Gasteiger partial charge in [-0.2, -0.15) is 5.26 Å². The molecule has 1 atom stereocenters. The van der Waals surface area contributed by atoms with Gasteiger partial charge in [0.1, 0.15) is 11.6 Å². The number of rotatable bonds is 5. The van der Waals surface area contributed by atoms with Crippen LogP contribution in [-0.2, 0) is 4.74 Å². The molecular weight excluding hydrogens is 376 g/mol. The quantitative estimate of drug-likeness (QED) is 0.221. The Bertz CT molecular complexity index is 1160. The van der Waals surface area contributed by atoms with Crippen LogP contribution in [0.25, 0.3) is 16.6 Å². The van der Waals surface area contributed by atoms with Gasteiger partial charge in [-0.3, -0.25) is 10.1 Å². The largest absolute Gasteiger partial charge is 0.507 e. The van der Waals surface area contributed by atoms with E-state index in [1.54, 1.807) is 31.2 Å². The lowest BCUT2D eigenvalue weighted by Gasteiger charge is -2.13. The van der Waals surface area contributed by atoms with Crippen LogP contribution >= 0.6 is 0 Å². The fourth-order valence-corrected chi connectivity index (χ4v) is 2.72. The van der Waals surface area contributed by atoms with E-state index in [9.17, 15) is 25.3 Å². The summed E-state index contributed by atoms with van der Waals surface area (Å²) in [5, 5.41) is 31.0. The van der Waals surface area contributed by atoms with Crippen molar-refractivity contribution in [2.45, 2.75) is 20.0 Å². The van der Waals surface area contributed by atoms with Crippen molar-refractivity contribution in [2.24, 2.45) is 0 Å². The molecule has 0 fully saturated rings. The van der Waals surface area contributed by atoms with Crippen molar-refractivity contribution < 1.29 is 19.6 Å². The number of benzene rings is 2. The molecule has 0 aliphatic heterocycles. The summed E-state index contributed by atoms with van der Waals surface area (Å²) >= 11 is 0. The van der Waals surface area contributed by atoms with Crippen LogP contribution in [0.4, 0.5) is 5.69 Å². The Hall–Kier alpha value is -4.19. The van der Waals surface area contributed by atoms with E-state index in [1.807, 2.05) is 6.07 Å². The number of carbonyl (C=O) groups is 1. The zero-order valence-corrected chi connectivity index (χ0v) is 15.5. The monoisotopic (exact) mass is 392 g/mol. The van der Waals surface area contributed by atoms with E-state index in [0.717, 1.165) is 6.07 Å². The van der Waals surface area contributed by atoms with Gasteiger partial charge in [0.05, 0.1) is 21.5 Å². The van der Waals surface area contributed by atoms with E-state index in [-0.39, 0.29) is 22.6 Å². The maximum absolute atomic E-state index is 12.3. The summed E-state index contributed by atoms with van der Waals surface area (Å²) in [5.41, 5.74) is 1.27. The van der Waals surface area contributed by atoms with E-state index in [2.05, 4.69) is 9.97 Å². The molecular formula is C20H16N4O5. The average Bonchev–Trinajstić information content (AvgIpc) is 3.12. The zero-order chi connectivity index (χ0) is 21.1. The summed E-state index contributed by atoms with van der Waals surface area (Å²) < 4.78 is 5.19. The van der Waals surface area contributed by atoms with Crippen molar-refractivity contribution in [3.63, 3.8) is 0 Å². The zero-order valence-electron chi connectivity index (χ0n) is 15.5. The highest BCUT2D eigenvalue weighted by Gasteiger charge is 2.23. The number of aromatic amines is 1. The standard InChI is InChI=1S/C20H16N4O5/c1-11-7-8-13(9-17(11)24(27)28)20(26)29-12(2)18(25)14(10-21)19-22-15-5-3-4-6-16(15)23-19/h3-9,12,25H,1-2H3,(H,22,23)/b18-14-/t12-/m1/s1. The molecule has 3 rings (SSSR count). The third-order valence-electron chi connectivity index (χ3n) is 4.30. The van der Waals surface area contributed by atoms with Gasteiger partial charge in [-0.15, -0.1) is 0 Å². The summed E-state index contributed by atoms with van der Waals surface area (Å²) in [4.78, 5) is 30.0. The maximum Gasteiger partial charge on any atom is 0.339 e. The van der Waals surface area contributed by atoms with E-state index in [0.29, 0.717) is 16.6 Å². The second-order valence-corrected chi connectivity index (χ2v) is 6.28. The van der Waals surface area contributed by atoms with Gasteiger partial charge in [-0.25, -0.2) is 9.78 Å². The number of hydrogen-bond acceptors (Lipinski definition) is 7. The third kappa shape index (κ3) is 3.91. The normalized spacial score (nSPS) is 12.7. The molecule has 0 amide bonds. The van der Waals surface area contributed by atoms with Crippen LogP contribution in [0.15, 0.2) is 48.2 Å². The lowest BCUT2D eigenvalue weighted by Crippen LogP contribution is -2.18. The van der Waals surface area contributed by atoms with Gasteiger partial charge in [-0.1, -0.05) is 18.2 Å². The number of hydrogen-bond donors (Lipinski definition) is 2. The molecule has 0 spiro atoms. The molecule has 0 radical (unpaired) electrons. The summed E-state index contributed by atoms with van der Waals surface area (Å²) in [6.45, 7) is 2.94. The molecule has 146 valence electrons. The van der Waals surface area contributed by atoms with Gasteiger partial charge in [0.25, 0.3) is 5.69 Å². The highest BCUT2D eigenvalue weighted by Crippen LogP contribution is 2.23. The van der Waals surface area contributed by atoms with Crippen molar-refractivity contribution in [1.29, 1.82) is 5.26 Å². The number of ether oxygens (including phenoxy) is 1. The SMILES string of the molecule is Cc1ccc(C(=O)O[C@H](C)/C(O)=C(\C#N)c2nc3ccccc3[nH]2)cc1[N+](=O)[O-]. The Morgan fingerprint density at radius 2 is 2.07 bits per heavy atom. The number of aryl methyl sites for hydroxylation is 1. The van der Waals surface area contributed by atoms with E-state index < -0.39 is 22.8 Å². The Labute approximate surface area is 165 Å². The highest BCUT2D eigenvalue weighted by atomic mass is 16.6. The van der Waals surface area contributed by atoms with Gasteiger partial charge in [0, 0.05) is 11.6 Å². The molecule has 9 nitrogen and oxygen atoms in total. The molecule has 0 saturated heterocycles. The molecule has 29 heavy (non-hydrogen) atoms. The van der Waals surface area contributed by atoms with Crippen LogP contribution < -0.4 is 0 Å². The summed E-state index contributed by atoms with van der Waals surface area (Å²) in [7, 11) is 0. The number of nitro groups is 1. The summed E-state index contributed by atoms with van der Waals surface area (Å²) in [6.07, 6.45) is -1.18. The number of H-pyrrole nitrogens is 1. The Morgan fingerprint density at radius 1 is 1.34 bits per heavy atom. The molecule has 0 aliphatic carbocycles. The van der Waals surface area contributed by atoms with Crippen molar-refractivity contribution >= 4 is 28.3 Å². The number of nitriles is 1. The molecule has 1 heterocycles. The first kappa shape index (κ1) is 19.6. The van der Waals surface area contributed by atoms with Gasteiger partial charge >= 0.3 is 5.97 Å². The van der Waals surface area contributed by atoms with Crippen LogP contribution in [0.3, 0.4) is 0 Å². The number of nitrogens with one attached hydrogen (secondary N) is 1. The number of para-hydroxylation sites is 2. The molecule has 1 aromatic heterocycles. The molecule has 0 bridgehead atoms. The number of nitro benzene ring substituents is 1. The number of esters is 1. The Kier molecular flexibility index (Phi) is 5.27. The second-order valence-electron chi connectivity index (χ2n) is 6.28. The molecule has 0 unspecified atom stereocenters. The predicted molar refractivity (Wildman–Crippen MR) is 104 cm³/mol. The van der Waals surface area contributed by atoms with Crippen molar-refractivity contribution in [2.75, 3.05) is 0 Å². The van der Waals surface area contributed by atoms with Crippen molar-refractivity contribution in [3.05, 3.63) is 75.3 Å². The smallest absolute Gasteiger partial charge is 0.339 e.